The minimum absolute atomic E-state index is 1.12. The van der Waals surface area contributed by atoms with Crippen LogP contribution in [0.25, 0.3) is 0 Å². The lowest BCUT2D eigenvalue weighted by atomic mass is 10.1. The molecule has 0 saturated carbocycles. The van der Waals surface area contributed by atoms with Gasteiger partial charge in [-0.05, 0) is 12.8 Å². The Morgan fingerprint density at radius 2 is 0.966 bits per heavy atom. The Balaban J connectivity index is 0.000000541. The van der Waals surface area contributed by atoms with Crippen molar-refractivity contribution in [2.45, 2.75) is 84.0 Å². The summed E-state index contributed by atoms with van der Waals surface area (Å²) < 4.78 is 62.0. The number of benzene rings is 1. The minimum atomic E-state index is -2.47. The third-order valence-electron chi connectivity index (χ3n) is 4.52. The summed E-state index contributed by atoms with van der Waals surface area (Å²) in [6.07, 6.45) is 17.2. The second-order valence-corrected chi connectivity index (χ2v) is 6.98. The third kappa shape index (κ3) is 10.6. The normalized spacial score (nSPS) is 10.6. The summed E-state index contributed by atoms with van der Waals surface area (Å²) in [5.41, 5.74) is 1.90. The fourth-order valence-corrected chi connectivity index (χ4v) is 2.80. The molecule has 29 heavy (non-hydrogen) atoms. The van der Waals surface area contributed by atoms with Gasteiger partial charge in [0.25, 0.3) is 0 Å². The lowest BCUT2D eigenvalue weighted by Crippen LogP contribution is -2.50. The molecule has 0 aliphatic heterocycles. The summed E-state index contributed by atoms with van der Waals surface area (Å²) in [6, 6.07) is 0. The molecule has 0 saturated heterocycles. The molecule has 0 fully saturated rings. The fourth-order valence-electron chi connectivity index (χ4n) is 2.80. The van der Waals surface area contributed by atoms with E-state index in [4.69, 9.17) is 0 Å². The summed E-state index contributed by atoms with van der Waals surface area (Å²) in [5, 5.41) is 10.0. The van der Waals surface area contributed by atoms with E-state index < -0.39 is 40.6 Å². The molecule has 0 amide bonds. The Labute approximate surface area is 169 Å². The van der Waals surface area contributed by atoms with Crippen LogP contribution in [0.4, 0.5) is 22.0 Å². The Hall–Kier alpha value is -1.70. The van der Waals surface area contributed by atoms with Crippen LogP contribution in [0, 0.1) is 29.1 Å². The van der Waals surface area contributed by atoms with E-state index in [9.17, 15) is 31.9 Å². The molecule has 0 heterocycles. The molecule has 1 aromatic carbocycles. The molecule has 1 aromatic rings. The highest BCUT2D eigenvalue weighted by atomic mass is 19.2. The fraction of sp³-hybridized carbons (Fsp3) is 0.667. The van der Waals surface area contributed by atoms with Gasteiger partial charge in [0, 0.05) is 0 Å². The van der Waals surface area contributed by atoms with Gasteiger partial charge >= 0.3 is 0 Å². The summed E-state index contributed by atoms with van der Waals surface area (Å²) in [6.45, 7) is 3.41. The number of carboxylic acids is 1. The number of carbonyl (C=O) groups excluding carboxylic acids is 1. The number of unbranched alkanes of at least 4 members (excludes halogenated alkanes) is 11. The van der Waals surface area contributed by atoms with Gasteiger partial charge in [-0.25, -0.2) is 22.0 Å². The van der Waals surface area contributed by atoms with Gasteiger partial charge in [0.15, 0.2) is 23.3 Å². The van der Waals surface area contributed by atoms with E-state index >= 15 is 0 Å². The maximum Gasteiger partial charge on any atom is 0.200 e. The van der Waals surface area contributed by atoms with Crippen molar-refractivity contribution in [3.63, 3.8) is 0 Å². The van der Waals surface area contributed by atoms with Crippen molar-refractivity contribution in [2.24, 2.45) is 0 Å². The first-order valence-corrected chi connectivity index (χ1v) is 10.3. The summed E-state index contributed by atoms with van der Waals surface area (Å²) in [4.78, 5) is 10.0. The number of quaternary nitrogens is 1. The summed E-state index contributed by atoms with van der Waals surface area (Å²) in [7, 11) is 0. The topological polar surface area (TPSA) is 67.8 Å². The van der Waals surface area contributed by atoms with E-state index in [1.54, 1.807) is 0 Å². The third-order valence-corrected chi connectivity index (χ3v) is 4.52. The number of halogens is 5. The molecule has 0 atom stereocenters. The average molecular weight is 425 g/mol. The zero-order valence-corrected chi connectivity index (χ0v) is 17.1. The lowest BCUT2D eigenvalue weighted by Gasteiger charge is -2.07. The van der Waals surface area contributed by atoms with Crippen LogP contribution in [0.1, 0.15) is 94.3 Å². The number of hydrogen-bond acceptors (Lipinski definition) is 2. The van der Waals surface area contributed by atoms with Gasteiger partial charge in [0.2, 0.25) is 5.82 Å². The van der Waals surface area contributed by atoms with E-state index in [0.717, 1.165) is 6.54 Å². The second kappa shape index (κ2) is 16.1. The summed E-state index contributed by atoms with van der Waals surface area (Å²) in [5.74, 6) is -14.4. The van der Waals surface area contributed by atoms with Crippen LogP contribution >= 0.6 is 0 Å². The molecule has 0 aliphatic rings. The molecule has 0 bridgehead atoms. The quantitative estimate of drug-likeness (QED) is 0.216. The van der Waals surface area contributed by atoms with E-state index in [-0.39, 0.29) is 0 Å². The van der Waals surface area contributed by atoms with Crippen LogP contribution in [0.5, 0.6) is 0 Å². The average Bonchev–Trinajstić information content (AvgIpc) is 2.69. The van der Waals surface area contributed by atoms with Crippen molar-refractivity contribution in [3.8, 4) is 0 Å². The van der Waals surface area contributed by atoms with Crippen LogP contribution in [0.2, 0.25) is 0 Å². The van der Waals surface area contributed by atoms with Crippen molar-refractivity contribution >= 4 is 5.97 Å². The van der Waals surface area contributed by atoms with Crippen molar-refractivity contribution in [3.05, 3.63) is 34.6 Å². The van der Waals surface area contributed by atoms with Crippen LogP contribution in [-0.2, 0) is 0 Å². The van der Waals surface area contributed by atoms with Crippen LogP contribution in [0.15, 0.2) is 0 Å². The molecule has 0 radical (unpaired) electrons. The van der Waals surface area contributed by atoms with E-state index in [1.807, 2.05) is 0 Å². The van der Waals surface area contributed by atoms with E-state index in [1.165, 1.54) is 77.0 Å². The van der Waals surface area contributed by atoms with Crippen molar-refractivity contribution in [2.75, 3.05) is 6.54 Å². The van der Waals surface area contributed by atoms with Gasteiger partial charge in [-0.15, -0.1) is 0 Å². The van der Waals surface area contributed by atoms with Crippen LogP contribution in [0.3, 0.4) is 0 Å². The maximum absolute atomic E-state index is 12.5. The van der Waals surface area contributed by atoms with Crippen molar-refractivity contribution in [1.29, 1.82) is 0 Å². The first-order chi connectivity index (χ1) is 13.8. The molecular weight excluding hydrogens is 393 g/mol. The molecule has 8 heteroatoms. The summed E-state index contributed by atoms with van der Waals surface area (Å²) >= 11 is 0. The van der Waals surface area contributed by atoms with Gasteiger partial charge in [0.1, 0.15) is 0 Å². The first-order valence-electron chi connectivity index (χ1n) is 10.3. The second-order valence-electron chi connectivity index (χ2n) is 6.98. The van der Waals surface area contributed by atoms with Gasteiger partial charge in [-0.3, -0.25) is 0 Å². The molecular formula is C21H32F5NO2. The van der Waals surface area contributed by atoms with Crippen molar-refractivity contribution in [1.82, 2.24) is 0 Å². The van der Waals surface area contributed by atoms with Gasteiger partial charge in [-0.2, -0.15) is 0 Å². The molecule has 0 aliphatic carbocycles. The molecule has 0 aromatic heterocycles. The predicted octanol–water partition coefficient (Wildman–Crippen LogP) is 4.68. The van der Waals surface area contributed by atoms with E-state index in [2.05, 4.69) is 12.7 Å². The predicted molar refractivity (Wildman–Crippen MR) is 99.4 cm³/mol. The standard InChI is InChI=1S/C14H31N.C7HF5O2/c1-2-3-4-5-6-7-8-9-10-11-12-13-14-15;8-2-1(7(13)14)3(9)5(11)6(12)4(2)10/h2-15H2,1H3;(H,13,14). The Morgan fingerprint density at radius 1 is 0.655 bits per heavy atom. The van der Waals surface area contributed by atoms with Gasteiger partial charge < -0.3 is 15.6 Å². The highest BCUT2D eigenvalue weighted by molar-refractivity contribution is 5.86. The zero-order valence-electron chi connectivity index (χ0n) is 17.1. The lowest BCUT2D eigenvalue weighted by molar-refractivity contribution is -0.368. The number of aromatic carboxylic acids is 1. The Morgan fingerprint density at radius 3 is 1.28 bits per heavy atom. The Kier molecular flexibility index (Phi) is 15.2. The largest absolute Gasteiger partial charge is 0.545 e. The number of rotatable bonds is 13. The molecule has 1 rings (SSSR count). The Bertz CT molecular complexity index is 570. The molecule has 3 N–H and O–H groups in total. The smallest absolute Gasteiger partial charge is 0.200 e. The number of carboxylic acid groups (broad SMARTS) is 1. The minimum Gasteiger partial charge on any atom is -0.545 e. The number of hydrogen-bond donors (Lipinski definition) is 1. The zero-order chi connectivity index (χ0) is 22.2. The maximum atomic E-state index is 12.5. The molecule has 3 nitrogen and oxygen atoms in total. The highest BCUT2D eigenvalue weighted by Gasteiger charge is 2.25. The first kappa shape index (κ1) is 27.3. The van der Waals surface area contributed by atoms with Crippen LogP contribution in [-0.4, -0.2) is 12.5 Å². The highest BCUT2D eigenvalue weighted by Crippen LogP contribution is 2.22. The van der Waals surface area contributed by atoms with Crippen LogP contribution < -0.4 is 10.8 Å². The monoisotopic (exact) mass is 425 g/mol. The molecule has 0 spiro atoms. The molecule has 0 unspecified atom stereocenters. The van der Waals surface area contributed by atoms with Crippen molar-refractivity contribution < 1.29 is 37.6 Å². The number of carbonyl (C=O) groups is 1. The molecule has 168 valence electrons. The van der Waals surface area contributed by atoms with Gasteiger partial charge in [-0.1, -0.05) is 71.1 Å². The van der Waals surface area contributed by atoms with Gasteiger partial charge in [0.05, 0.1) is 18.1 Å². The van der Waals surface area contributed by atoms with E-state index in [0.29, 0.717) is 0 Å². The SMILES string of the molecule is CCCCCCCCCCCCCC[NH3+].O=C([O-])c1c(F)c(F)c(F)c(F)c1F.